The fourth-order valence-corrected chi connectivity index (χ4v) is 6.05. The van der Waals surface area contributed by atoms with Crippen molar-refractivity contribution in [1.82, 2.24) is 10.5 Å². The summed E-state index contributed by atoms with van der Waals surface area (Å²) in [6, 6.07) is 18.9. The number of halogens is 1. The van der Waals surface area contributed by atoms with Crippen LogP contribution >= 0.6 is 11.6 Å². The van der Waals surface area contributed by atoms with Crippen LogP contribution in [0, 0.1) is 0 Å². The van der Waals surface area contributed by atoms with Crippen molar-refractivity contribution >= 4 is 23.2 Å². The Labute approximate surface area is 297 Å². The van der Waals surface area contributed by atoms with Crippen LogP contribution in [0.4, 0.5) is 5.69 Å². The largest absolute Gasteiger partial charge is 0.493 e. The van der Waals surface area contributed by atoms with E-state index in [1.807, 2.05) is 0 Å². The van der Waals surface area contributed by atoms with Crippen LogP contribution in [0.3, 0.4) is 0 Å². The molecule has 5 aromatic rings. The number of ether oxygens (including phenoxy) is 4. The molecule has 1 aliphatic heterocycles. The van der Waals surface area contributed by atoms with Gasteiger partial charge in [-0.05, 0) is 76.9 Å². The first-order valence-electron chi connectivity index (χ1n) is 15.9. The van der Waals surface area contributed by atoms with Crippen LogP contribution in [-0.2, 0) is 26.4 Å². The molecule has 6 rings (SSSR count). The number of carbonyl (C=O) groups is 1. The molecular weight excluding hydrogens is 682 g/mol. The van der Waals surface area contributed by atoms with Gasteiger partial charge in [0.25, 0.3) is 5.91 Å². The van der Waals surface area contributed by atoms with Crippen molar-refractivity contribution in [3.05, 3.63) is 105 Å². The van der Waals surface area contributed by atoms with Gasteiger partial charge in [-0.1, -0.05) is 22.8 Å². The summed E-state index contributed by atoms with van der Waals surface area (Å²) in [4.78, 5) is 12.7. The van der Waals surface area contributed by atoms with E-state index in [9.17, 15) is 25.2 Å². The van der Waals surface area contributed by atoms with Crippen LogP contribution < -0.4 is 29.6 Å². The maximum Gasteiger partial charge on any atom is 0.255 e. The van der Waals surface area contributed by atoms with Crippen LogP contribution in [-0.4, -0.2) is 58.9 Å². The zero-order valence-electron chi connectivity index (χ0n) is 27.7. The Morgan fingerprint density at radius 3 is 2.08 bits per heavy atom. The van der Waals surface area contributed by atoms with Crippen molar-refractivity contribution in [2.75, 3.05) is 32.8 Å². The second kappa shape index (κ2) is 15.7. The Hall–Kier alpha value is -5.31. The van der Waals surface area contributed by atoms with E-state index in [0.717, 1.165) is 5.56 Å². The van der Waals surface area contributed by atoms with E-state index in [0.29, 0.717) is 84.1 Å². The molecule has 0 saturated heterocycles. The monoisotopic (exact) mass is 717 g/mol. The number of methoxy groups -OCH3 is 2. The number of nitrogens with one attached hydrogen (secondary N) is 2. The summed E-state index contributed by atoms with van der Waals surface area (Å²) in [5.74, 6) is 1.67. The first-order valence-corrected chi connectivity index (χ1v) is 16.2. The van der Waals surface area contributed by atoms with Gasteiger partial charge in [0.2, 0.25) is 5.75 Å². The van der Waals surface area contributed by atoms with Gasteiger partial charge in [-0.2, -0.15) is 0 Å². The number of hydrogen-bond donors (Lipinski definition) is 6. The van der Waals surface area contributed by atoms with Gasteiger partial charge in [-0.25, -0.2) is 0 Å². The average molecular weight is 718 g/mol. The van der Waals surface area contributed by atoms with Crippen molar-refractivity contribution in [2.45, 2.75) is 32.6 Å². The summed E-state index contributed by atoms with van der Waals surface area (Å²) in [7, 11) is 3.00. The second-order valence-corrected chi connectivity index (χ2v) is 11.9. The SMILES string of the molecule is COc1cc(-c2cc(-c3cc(CO)c(CO)c(CO)c3)on2)cc(OC)c1OCCOc1ccc(C2NC(=O)c3cc(Cl)ccc3N2)cc1CO. The molecule has 0 radical (unpaired) electrons. The van der Waals surface area contributed by atoms with Gasteiger partial charge in [0, 0.05) is 33.5 Å². The molecule has 1 atom stereocenters. The fourth-order valence-electron chi connectivity index (χ4n) is 5.88. The molecule has 4 aromatic carbocycles. The average Bonchev–Trinajstić information content (AvgIpc) is 3.66. The molecular formula is C37H36ClN3O10. The standard InChI is InChI=1S/C37H36ClN3O10/c1-47-33-12-21(30-15-32(51-41-30)22-10-23(16-42)28(19-45)24(11-22)17-43)13-34(48-2)35(33)50-8-7-49-31-6-3-20(9-25(31)18-44)36-39-29-5-4-26(38)14-27(29)37(46)40-36/h3-6,9-15,36,39,42-45H,7-8,16-19H2,1-2H3,(H,40,46). The Bertz CT molecular complexity index is 2000. The predicted molar refractivity (Wildman–Crippen MR) is 187 cm³/mol. The molecule has 1 aromatic heterocycles. The van der Waals surface area contributed by atoms with Gasteiger partial charge >= 0.3 is 0 Å². The number of aromatic nitrogens is 1. The molecule has 1 amide bonds. The minimum absolute atomic E-state index is 0.108. The van der Waals surface area contributed by atoms with Crippen molar-refractivity contribution in [3.8, 4) is 45.6 Å². The number of aliphatic hydroxyl groups is 4. The summed E-state index contributed by atoms with van der Waals surface area (Å²) in [6.07, 6.45) is -0.516. The van der Waals surface area contributed by atoms with Crippen molar-refractivity contribution in [3.63, 3.8) is 0 Å². The molecule has 266 valence electrons. The Morgan fingerprint density at radius 2 is 1.43 bits per heavy atom. The molecule has 14 heteroatoms. The summed E-state index contributed by atoms with van der Waals surface area (Å²) in [6.45, 7) is -1.02. The van der Waals surface area contributed by atoms with E-state index in [-0.39, 0.29) is 45.5 Å². The Balaban J connectivity index is 1.13. The molecule has 0 bridgehead atoms. The lowest BCUT2D eigenvalue weighted by molar-refractivity contribution is 0.0935. The van der Waals surface area contributed by atoms with Crippen LogP contribution in [0.15, 0.2) is 71.3 Å². The maximum atomic E-state index is 12.7. The molecule has 1 unspecified atom stereocenters. The van der Waals surface area contributed by atoms with Crippen molar-refractivity contribution < 1.29 is 48.7 Å². The Morgan fingerprint density at radius 1 is 0.745 bits per heavy atom. The lowest BCUT2D eigenvalue weighted by atomic mass is 9.97. The number of benzene rings is 4. The summed E-state index contributed by atoms with van der Waals surface area (Å²) >= 11 is 6.05. The lowest BCUT2D eigenvalue weighted by Gasteiger charge is -2.28. The van der Waals surface area contributed by atoms with Crippen LogP contribution in [0.2, 0.25) is 5.02 Å². The topological polar surface area (TPSA) is 185 Å². The third-order valence-electron chi connectivity index (χ3n) is 8.46. The lowest BCUT2D eigenvalue weighted by Crippen LogP contribution is -2.38. The number of hydrogen-bond acceptors (Lipinski definition) is 12. The number of fused-ring (bicyclic) bond motifs is 1. The number of aliphatic hydroxyl groups excluding tert-OH is 4. The van der Waals surface area contributed by atoms with Crippen LogP contribution in [0.1, 0.15) is 44.3 Å². The molecule has 6 N–H and O–H groups in total. The maximum absolute atomic E-state index is 12.7. The molecule has 51 heavy (non-hydrogen) atoms. The third kappa shape index (κ3) is 7.43. The van der Waals surface area contributed by atoms with Gasteiger partial charge in [0.15, 0.2) is 17.3 Å². The van der Waals surface area contributed by atoms with E-state index in [2.05, 4.69) is 15.8 Å². The molecule has 1 aliphatic rings. The highest BCUT2D eigenvalue weighted by molar-refractivity contribution is 6.31. The summed E-state index contributed by atoms with van der Waals surface area (Å²) < 4.78 is 28.9. The van der Waals surface area contributed by atoms with E-state index >= 15 is 0 Å². The van der Waals surface area contributed by atoms with Crippen molar-refractivity contribution in [2.24, 2.45) is 0 Å². The highest BCUT2D eigenvalue weighted by atomic mass is 35.5. The van der Waals surface area contributed by atoms with Gasteiger partial charge in [0.1, 0.15) is 30.8 Å². The van der Waals surface area contributed by atoms with E-state index in [1.54, 1.807) is 66.7 Å². The number of nitrogens with zero attached hydrogens (tertiary/aromatic N) is 1. The number of carbonyl (C=O) groups excluding carboxylic acids is 1. The highest BCUT2D eigenvalue weighted by Gasteiger charge is 2.26. The first kappa shape index (κ1) is 35.5. The van der Waals surface area contributed by atoms with Gasteiger partial charge < -0.3 is 54.5 Å². The minimum Gasteiger partial charge on any atom is -0.493 e. The van der Waals surface area contributed by atoms with Crippen LogP contribution in [0.25, 0.3) is 22.6 Å². The number of amides is 1. The quantitative estimate of drug-likeness (QED) is 0.0850. The molecule has 0 fully saturated rings. The molecule has 0 spiro atoms. The zero-order chi connectivity index (χ0) is 36.1. The highest BCUT2D eigenvalue weighted by Crippen LogP contribution is 2.42. The molecule has 0 aliphatic carbocycles. The number of anilines is 1. The van der Waals surface area contributed by atoms with E-state index in [4.69, 9.17) is 35.1 Å². The number of rotatable bonds is 14. The summed E-state index contributed by atoms with van der Waals surface area (Å²) in [5, 5.41) is 50.3. The van der Waals surface area contributed by atoms with E-state index in [1.165, 1.54) is 14.2 Å². The van der Waals surface area contributed by atoms with Gasteiger partial charge in [-0.3, -0.25) is 4.79 Å². The molecule has 13 nitrogen and oxygen atoms in total. The Kier molecular flexibility index (Phi) is 10.9. The van der Waals surface area contributed by atoms with Crippen LogP contribution in [0.5, 0.6) is 23.0 Å². The molecule has 0 saturated carbocycles. The summed E-state index contributed by atoms with van der Waals surface area (Å²) in [5.41, 5.74) is 5.43. The normalized spacial score (nSPS) is 13.6. The zero-order valence-corrected chi connectivity index (χ0v) is 28.5. The van der Waals surface area contributed by atoms with Crippen molar-refractivity contribution in [1.29, 1.82) is 0 Å². The fraction of sp³-hybridized carbons (Fsp3) is 0.243. The second-order valence-electron chi connectivity index (χ2n) is 11.5. The smallest absolute Gasteiger partial charge is 0.255 e. The first-order chi connectivity index (χ1) is 24.8. The minimum atomic E-state index is -0.516. The van der Waals surface area contributed by atoms with Gasteiger partial charge in [0.05, 0.1) is 46.2 Å². The third-order valence-corrected chi connectivity index (χ3v) is 8.70. The van der Waals surface area contributed by atoms with Gasteiger partial charge in [-0.15, -0.1) is 0 Å². The van der Waals surface area contributed by atoms with E-state index < -0.39 is 6.17 Å². The molecule has 2 heterocycles. The predicted octanol–water partition coefficient (Wildman–Crippen LogP) is 4.96.